The molecule has 2 aromatic rings. The molecule has 1 aliphatic heterocycles. The van der Waals surface area contributed by atoms with Crippen LogP contribution in [0.25, 0.3) is 11.0 Å². The molecule has 0 radical (unpaired) electrons. The Morgan fingerprint density at radius 3 is 2.46 bits per heavy atom. The molecule has 0 bridgehead atoms. The maximum Gasteiger partial charge on any atom is 0.329 e. The third-order valence-corrected chi connectivity index (χ3v) is 4.80. The summed E-state index contributed by atoms with van der Waals surface area (Å²) in [6.07, 6.45) is 0.720. The Morgan fingerprint density at radius 1 is 1.23 bits per heavy atom. The minimum atomic E-state index is -0.407. The zero-order valence-electron chi connectivity index (χ0n) is 15.0. The van der Waals surface area contributed by atoms with Crippen molar-refractivity contribution in [2.45, 2.75) is 39.0 Å². The van der Waals surface area contributed by atoms with Gasteiger partial charge >= 0.3 is 5.69 Å². The van der Waals surface area contributed by atoms with Crippen molar-refractivity contribution < 1.29 is 9.90 Å². The average Bonchev–Trinajstić information content (AvgIpc) is 3.14. The summed E-state index contributed by atoms with van der Waals surface area (Å²) in [5.74, 6) is -0.0449. The second kappa shape index (κ2) is 9.21. The van der Waals surface area contributed by atoms with Crippen molar-refractivity contribution in [1.82, 2.24) is 19.8 Å². The lowest BCUT2D eigenvalue weighted by atomic mass is 10.1. The van der Waals surface area contributed by atoms with E-state index in [-0.39, 0.29) is 36.3 Å². The third kappa shape index (κ3) is 4.28. The largest absolute Gasteiger partial charge is 0.391 e. The molecule has 0 spiro atoms. The molecular weight excluding hydrogens is 356 g/mol. The molecule has 26 heavy (non-hydrogen) atoms. The highest BCUT2D eigenvalue weighted by Crippen LogP contribution is 2.13. The van der Waals surface area contributed by atoms with E-state index in [1.54, 1.807) is 9.13 Å². The normalized spacial score (nSPS) is 19.5. The predicted octanol–water partition coefficient (Wildman–Crippen LogP) is 0.721. The number of aromatic nitrogens is 2. The van der Waals surface area contributed by atoms with Crippen molar-refractivity contribution in [2.24, 2.45) is 5.92 Å². The fourth-order valence-electron chi connectivity index (χ4n) is 3.40. The first-order valence-corrected chi connectivity index (χ1v) is 8.95. The maximum absolute atomic E-state index is 12.7. The van der Waals surface area contributed by atoms with E-state index in [1.807, 2.05) is 31.2 Å². The van der Waals surface area contributed by atoms with Crippen molar-refractivity contribution in [3.05, 3.63) is 34.7 Å². The maximum atomic E-state index is 12.7. The smallest absolute Gasteiger partial charge is 0.329 e. The number of imidazole rings is 1. The van der Waals surface area contributed by atoms with Gasteiger partial charge in [0, 0.05) is 45.1 Å². The number of aliphatic hydroxyl groups is 1. The van der Waals surface area contributed by atoms with E-state index in [4.69, 9.17) is 0 Å². The van der Waals surface area contributed by atoms with Crippen molar-refractivity contribution in [1.29, 1.82) is 0 Å². The van der Waals surface area contributed by atoms with Crippen LogP contribution in [-0.2, 0) is 17.9 Å². The van der Waals surface area contributed by atoms with Crippen LogP contribution in [0.1, 0.15) is 19.8 Å². The first kappa shape index (κ1) is 20.5. The van der Waals surface area contributed by atoms with Crippen molar-refractivity contribution in [2.75, 3.05) is 19.6 Å². The number of aryl methyl sites for hydroxylation is 2. The van der Waals surface area contributed by atoms with E-state index in [0.717, 1.165) is 17.5 Å². The van der Waals surface area contributed by atoms with Crippen LogP contribution in [0.15, 0.2) is 29.1 Å². The Morgan fingerprint density at radius 2 is 1.88 bits per heavy atom. The molecule has 1 aromatic heterocycles. The van der Waals surface area contributed by atoms with Crippen LogP contribution in [0.4, 0.5) is 0 Å². The van der Waals surface area contributed by atoms with Crippen LogP contribution in [0.2, 0.25) is 0 Å². The second-order valence-electron chi connectivity index (χ2n) is 6.61. The van der Waals surface area contributed by atoms with E-state index < -0.39 is 6.10 Å². The van der Waals surface area contributed by atoms with Crippen molar-refractivity contribution in [3.63, 3.8) is 0 Å². The van der Waals surface area contributed by atoms with Crippen LogP contribution in [-0.4, -0.2) is 45.9 Å². The molecule has 1 amide bonds. The number of hydrogen-bond donors (Lipinski definition) is 3. The molecule has 144 valence electrons. The Labute approximate surface area is 158 Å². The Kier molecular flexibility index (Phi) is 7.25. The lowest BCUT2D eigenvalue weighted by Gasteiger charge is -2.14. The van der Waals surface area contributed by atoms with Gasteiger partial charge in [-0.2, -0.15) is 0 Å². The van der Waals surface area contributed by atoms with Crippen molar-refractivity contribution in [3.8, 4) is 0 Å². The van der Waals surface area contributed by atoms with Gasteiger partial charge < -0.3 is 15.7 Å². The van der Waals surface area contributed by atoms with Crippen LogP contribution in [0.3, 0.4) is 0 Å². The molecule has 3 N–H and O–H groups in total. The van der Waals surface area contributed by atoms with Gasteiger partial charge in [-0.15, -0.1) is 12.4 Å². The Balaban J connectivity index is 0.00000243. The van der Waals surface area contributed by atoms with Gasteiger partial charge in [0.1, 0.15) is 0 Å². The van der Waals surface area contributed by atoms with Crippen molar-refractivity contribution >= 4 is 29.3 Å². The second-order valence-corrected chi connectivity index (χ2v) is 6.61. The van der Waals surface area contributed by atoms with Gasteiger partial charge in [0.25, 0.3) is 0 Å². The van der Waals surface area contributed by atoms with Gasteiger partial charge in [-0.3, -0.25) is 13.9 Å². The fourth-order valence-corrected chi connectivity index (χ4v) is 3.40. The quantitative estimate of drug-likeness (QED) is 0.658. The Bertz CT molecular complexity index is 801. The molecule has 1 fully saturated rings. The zero-order chi connectivity index (χ0) is 17.8. The van der Waals surface area contributed by atoms with E-state index in [2.05, 4.69) is 10.6 Å². The highest BCUT2D eigenvalue weighted by Gasteiger charge is 2.25. The van der Waals surface area contributed by atoms with Crippen LogP contribution in [0.5, 0.6) is 0 Å². The molecule has 7 nitrogen and oxygen atoms in total. The molecule has 1 saturated heterocycles. The van der Waals surface area contributed by atoms with Crippen LogP contribution in [0, 0.1) is 5.92 Å². The van der Waals surface area contributed by atoms with Gasteiger partial charge in [0.05, 0.1) is 17.1 Å². The molecule has 0 saturated carbocycles. The average molecular weight is 383 g/mol. The molecule has 1 aliphatic rings. The highest BCUT2D eigenvalue weighted by molar-refractivity contribution is 5.85. The standard InChI is InChI=1S/C18H26N4O3.ClH/c1-2-8-21-14-5-3-4-6-15(14)22(18(21)25)9-7-17(24)20-11-13-10-19-12-16(13)23;/h3-6,13,16,19,23H,2,7-12H2,1H3,(H,20,24);1H. The van der Waals surface area contributed by atoms with E-state index in [0.29, 0.717) is 32.7 Å². The number of aliphatic hydroxyl groups excluding tert-OH is 1. The summed E-state index contributed by atoms with van der Waals surface area (Å²) < 4.78 is 3.45. The van der Waals surface area contributed by atoms with Gasteiger partial charge in [0.2, 0.25) is 5.91 Å². The molecule has 8 heteroatoms. The molecule has 2 atom stereocenters. The summed E-state index contributed by atoms with van der Waals surface area (Å²) in [6.45, 7) is 4.81. The lowest BCUT2D eigenvalue weighted by molar-refractivity contribution is -0.121. The number of β-amino-alcohol motifs (C(OH)–C–C–N with tert-alkyl or cyclic N) is 1. The monoisotopic (exact) mass is 382 g/mol. The minimum Gasteiger partial charge on any atom is -0.391 e. The Hall–Kier alpha value is -1.83. The topological polar surface area (TPSA) is 88.3 Å². The van der Waals surface area contributed by atoms with Gasteiger partial charge in [0.15, 0.2) is 0 Å². The minimum absolute atomic E-state index is 0. The molecule has 1 aromatic carbocycles. The number of nitrogens with one attached hydrogen (secondary N) is 2. The van der Waals surface area contributed by atoms with Gasteiger partial charge in [-0.1, -0.05) is 19.1 Å². The van der Waals surface area contributed by atoms with E-state index >= 15 is 0 Å². The predicted molar refractivity (Wildman–Crippen MR) is 104 cm³/mol. The van der Waals surface area contributed by atoms with Gasteiger partial charge in [-0.25, -0.2) is 4.79 Å². The number of amides is 1. The summed E-state index contributed by atoms with van der Waals surface area (Å²) >= 11 is 0. The summed E-state index contributed by atoms with van der Waals surface area (Å²) in [6, 6.07) is 7.69. The highest BCUT2D eigenvalue weighted by atomic mass is 35.5. The van der Waals surface area contributed by atoms with Gasteiger partial charge in [-0.05, 0) is 18.6 Å². The number of benzene rings is 1. The number of para-hydroxylation sites is 2. The summed E-state index contributed by atoms with van der Waals surface area (Å²) in [5.41, 5.74) is 1.71. The van der Waals surface area contributed by atoms with E-state index in [1.165, 1.54) is 0 Å². The molecule has 3 rings (SSSR count). The number of carbonyl (C=O) groups is 1. The number of hydrogen-bond acceptors (Lipinski definition) is 4. The lowest BCUT2D eigenvalue weighted by Crippen LogP contribution is -2.35. The van der Waals surface area contributed by atoms with Crippen LogP contribution >= 0.6 is 12.4 Å². The summed E-state index contributed by atoms with van der Waals surface area (Å²) in [4.78, 5) is 24.8. The van der Waals surface area contributed by atoms with E-state index in [9.17, 15) is 14.7 Å². The number of carbonyl (C=O) groups excluding carboxylic acids is 1. The fraction of sp³-hybridized carbons (Fsp3) is 0.556. The number of halogens is 1. The SMILES string of the molecule is CCCn1c(=O)n(CCC(=O)NCC2CNCC2O)c2ccccc21.Cl. The summed E-state index contributed by atoms with van der Waals surface area (Å²) in [7, 11) is 0. The zero-order valence-corrected chi connectivity index (χ0v) is 15.8. The molecule has 2 unspecified atom stereocenters. The number of rotatable bonds is 7. The molecular formula is C18H27ClN4O3. The molecule has 0 aliphatic carbocycles. The molecule has 2 heterocycles. The first-order chi connectivity index (χ1) is 12.1. The van der Waals surface area contributed by atoms with Crippen LogP contribution < -0.4 is 16.3 Å². The first-order valence-electron chi connectivity index (χ1n) is 8.95. The number of nitrogens with zero attached hydrogens (tertiary/aromatic N) is 2. The third-order valence-electron chi connectivity index (χ3n) is 4.80. The number of fused-ring (bicyclic) bond motifs is 1. The summed E-state index contributed by atoms with van der Waals surface area (Å²) in [5, 5.41) is 15.7.